The summed E-state index contributed by atoms with van der Waals surface area (Å²) in [6.07, 6.45) is 4.80. The van der Waals surface area contributed by atoms with Gasteiger partial charge >= 0.3 is 0 Å². The zero-order valence-electron chi connectivity index (χ0n) is 15.1. The van der Waals surface area contributed by atoms with Crippen LogP contribution in [0.5, 0.6) is 0 Å². The first-order valence-corrected chi connectivity index (χ1v) is 9.62. The van der Waals surface area contributed by atoms with E-state index in [0.29, 0.717) is 54.3 Å². The topological polar surface area (TPSA) is 107 Å². The van der Waals surface area contributed by atoms with Crippen molar-refractivity contribution in [2.24, 2.45) is 0 Å². The quantitative estimate of drug-likeness (QED) is 0.648. The number of hydrogen-bond acceptors (Lipinski definition) is 6. The van der Waals surface area contributed by atoms with Crippen molar-refractivity contribution in [3.63, 3.8) is 0 Å². The molecule has 11 heteroatoms. The van der Waals surface area contributed by atoms with Crippen molar-refractivity contribution in [1.29, 1.82) is 0 Å². The van der Waals surface area contributed by atoms with Crippen LogP contribution in [0.25, 0.3) is 5.65 Å². The van der Waals surface area contributed by atoms with Crippen molar-refractivity contribution in [3.05, 3.63) is 40.5 Å². The summed E-state index contributed by atoms with van der Waals surface area (Å²) in [7, 11) is 0. The maximum absolute atomic E-state index is 13.0. The van der Waals surface area contributed by atoms with E-state index < -0.39 is 5.91 Å². The van der Waals surface area contributed by atoms with Gasteiger partial charge in [-0.1, -0.05) is 0 Å². The van der Waals surface area contributed by atoms with Crippen LogP contribution in [-0.4, -0.2) is 67.4 Å². The molecule has 146 valence electrons. The number of nitrogens with one attached hydrogen (secondary N) is 1. The molecule has 4 heterocycles. The fraction of sp³-hybridized carbons (Fsp3) is 0.353. The third kappa shape index (κ3) is 3.27. The van der Waals surface area contributed by atoms with E-state index in [1.807, 2.05) is 6.92 Å². The number of halogens is 1. The van der Waals surface area contributed by atoms with Crippen LogP contribution >= 0.6 is 15.9 Å². The van der Waals surface area contributed by atoms with Crippen LogP contribution in [0.4, 0.5) is 5.69 Å². The molecule has 10 nitrogen and oxygen atoms in total. The number of ether oxygens (including phenoxy) is 1. The number of aromatic nitrogens is 5. The summed E-state index contributed by atoms with van der Waals surface area (Å²) in [5.41, 5.74) is 1.39. The van der Waals surface area contributed by atoms with Crippen molar-refractivity contribution in [2.75, 3.05) is 31.6 Å². The van der Waals surface area contributed by atoms with Crippen molar-refractivity contribution in [2.45, 2.75) is 13.5 Å². The van der Waals surface area contributed by atoms with E-state index in [4.69, 9.17) is 4.74 Å². The number of nitrogens with zero attached hydrogens (tertiary/aromatic N) is 6. The van der Waals surface area contributed by atoms with Crippen LogP contribution in [0.15, 0.2) is 29.1 Å². The van der Waals surface area contributed by atoms with Gasteiger partial charge in [-0.15, -0.1) is 0 Å². The Labute approximate surface area is 168 Å². The Hall–Kier alpha value is -2.79. The van der Waals surface area contributed by atoms with Gasteiger partial charge in [0, 0.05) is 32.0 Å². The Kier molecular flexibility index (Phi) is 5.09. The van der Waals surface area contributed by atoms with Crippen molar-refractivity contribution in [3.8, 4) is 0 Å². The molecule has 0 atom stereocenters. The van der Waals surface area contributed by atoms with E-state index in [1.54, 1.807) is 28.0 Å². The van der Waals surface area contributed by atoms with Gasteiger partial charge in [0.1, 0.15) is 5.69 Å². The van der Waals surface area contributed by atoms with Crippen molar-refractivity contribution >= 4 is 39.1 Å². The summed E-state index contributed by atoms with van der Waals surface area (Å²) in [6.45, 7) is 4.39. The summed E-state index contributed by atoms with van der Waals surface area (Å²) in [5.74, 6) is -0.641. The Morgan fingerprint density at radius 1 is 1.32 bits per heavy atom. The number of amides is 2. The first kappa shape index (κ1) is 18.6. The molecule has 4 rings (SSSR count). The van der Waals surface area contributed by atoms with Gasteiger partial charge in [-0.25, -0.2) is 9.50 Å². The van der Waals surface area contributed by atoms with E-state index in [1.165, 1.54) is 10.7 Å². The van der Waals surface area contributed by atoms with Crippen LogP contribution in [0, 0.1) is 0 Å². The molecule has 1 N–H and O–H groups in total. The number of carbonyl (C=O) groups is 2. The zero-order chi connectivity index (χ0) is 19.7. The largest absolute Gasteiger partial charge is 0.378 e. The lowest BCUT2D eigenvalue weighted by molar-refractivity contribution is 0.0295. The first-order chi connectivity index (χ1) is 13.6. The SMILES string of the molecule is CCn1ncc(NC(=O)c2nn3cccnc3c2Br)c1C(=O)N1CCOCC1. The molecule has 3 aromatic rings. The molecule has 0 aliphatic carbocycles. The molecule has 3 aromatic heterocycles. The molecular weight excluding hydrogens is 430 g/mol. The number of morpholine rings is 1. The van der Waals surface area contributed by atoms with Crippen LogP contribution < -0.4 is 5.32 Å². The van der Waals surface area contributed by atoms with Crippen molar-refractivity contribution in [1.82, 2.24) is 29.3 Å². The van der Waals surface area contributed by atoms with E-state index in [2.05, 4.69) is 36.4 Å². The van der Waals surface area contributed by atoms with Gasteiger partial charge in [-0.2, -0.15) is 10.2 Å². The van der Waals surface area contributed by atoms with E-state index in [0.717, 1.165) is 0 Å². The smallest absolute Gasteiger partial charge is 0.277 e. The summed E-state index contributed by atoms with van der Waals surface area (Å²) < 4.78 is 8.88. The predicted octanol–water partition coefficient (Wildman–Crippen LogP) is 1.43. The van der Waals surface area contributed by atoms with Gasteiger partial charge in [0.15, 0.2) is 11.3 Å². The minimum Gasteiger partial charge on any atom is -0.378 e. The Balaban J connectivity index is 1.64. The monoisotopic (exact) mass is 447 g/mol. The average Bonchev–Trinajstić information content (AvgIpc) is 3.29. The van der Waals surface area contributed by atoms with Gasteiger partial charge in [0.05, 0.1) is 29.6 Å². The second-order valence-electron chi connectivity index (χ2n) is 6.13. The maximum atomic E-state index is 13.0. The number of carbonyl (C=O) groups excluding carboxylic acids is 2. The number of rotatable bonds is 4. The lowest BCUT2D eigenvalue weighted by Crippen LogP contribution is -2.41. The van der Waals surface area contributed by atoms with Crippen LogP contribution in [0.1, 0.15) is 27.9 Å². The summed E-state index contributed by atoms with van der Waals surface area (Å²) in [6, 6.07) is 1.72. The maximum Gasteiger partial charge on any atom is 0.277 e. The molecule has 0 radical (unpaired) electrons. The molecule has 0 saturated carbocycles. The third-order valence-electron chi connectivity index (χ3n) is 4.44. The summed E-state index contributed by atoms with van der Waals surface area (Å²) >= 11 is 3.38. The minimum absolute atomic E-state index is 0.174. The normalized spacial score (nSPS) is 14.4. The van der Waals surface area contributed by atoms with Gasteiger partial charge in [0.2, 0.25) is 0 Å². The summed E-state index contributed by atoms with van der Waals surface area (Å²) in [5, 5.41) is 11.3. The van der Waals surface area contributed by atoms with Crippen LogP contribution in [0.3, 0.4) is 0 Å². The van der Waals surface area contributed by atoms with E-state index >= 15 is 0 Å². The number of aryl methyl sites for hydroxylation is 1. The molecule has 0 unspecified atom stereocenters. The second-order valence-corrected chi connectivity index (χ2v) is 6.92. The fourth-order valence-electron chi connectivity index (χ4n) is 3.04. The lowest BCUT2D eigenvalue weighted by atomic mass is 10.2. The molecule has 2 amide bonds. The minimum atomic E-state index is -0.455. The molecule has 1 aliphatic rings. The van der Waals surface area contributed by atoms with Crippen LogP contribution in [-0.2, 0) is 11.3 Å². The highest BCUT2D eigenvalue weighted by atomic mass is 79.9. The molecular formula is C17H18BrN7O3. The first-order valence-electron chi connectivity index (χ1n) is 8.83. The standard InChI is InChI=1S/C17H18BrN7O3/c1-2-24-14(17(27)23-6-8-28-9-7-23)11(10-20-24)21-16(26)13-12(18)15-19-4-3-5-25(15)22-13/h3-5,10H,2,6-9H2,1H3,(H,21,26). The number of hydrogen-bond donors (Lipinski definition) is 1. The number of fused-ring (bicyclic) bond motifs is 1. The Morgan fingerprint density at radius 2 is 2.11 bits per heavy atom. The molecule has 0 aromatic carbocycles. The van der Waals surface area contributed by atoms with E-state index in [9.17, 15) is 9.59 Å². The van der Waals surface area contributed by atoms with Gasteiger partial charge in [-0.05, 0) is 28.9 Å². The lowest BCUT2D eigenvalue weighted by Gasteiger charge is -2.27. The highest BCUT2D eigenvalue weighted by Gasteiger charge is 2.27. The zero-order valence-corrected chi connectivity index (χ0v) is 16.7. The Bertz CT molecular complexity index is 1040. The molecule has 1 saturated heterocycles. The summed E-state index contributed by atoms with van der Waals surface area (Å²) in [4.78, 5) is 31.7. The molecule has 0 spiro atoms. The molecule has 1 aliphatic heterocycles. The fourth-order valence-corrected chi connectivity index (χ4v) is 3.59. The highest BCUT2D eigenvalue weighted by Crippen LogP contribution is 2.23. The molecule has 28 heavy (non-hydrogen) atoms. The van der Waals surface area contributed by atoms with Gasteiger partial charge in [0.25, 0.3) is 11.8 Å². The van der Waals surface area contributed by atoms with Crippen molar-refractivity contribution < 1.29 is 14.3 Å². The number of anilines is 1. The van der Waals surface area contributed by atoms with Crippen LogP contribution in [0.2, 0.25) is 0 Å². The predicted molar refractivity (Wildman–Crippen MR) is 103 cm³/mol. The Morgan fingerprint density at radius 3 is 2.82 bits per heavy atom. The average molecular weight is 448 g/mol. The third-order valence-corrected chi connectivity index (χ3v) is 5.17. The van der Waals surface area contributed by atoms with Gasteiger partial charge in [-0.3, -0.25) is 14.3 Å². The van der Waals surface area contributed by atoms with E-state index in [-0.39, 0.29) is 11.6 Å². The molecule has 0 bridgehead atoms. The second kappa shape index (κ2) is 7.68. The van der Waals surface area contributed by atoms with Gasteiger partial charge < -0.3 is 15.0 Å². The molecule has 1 fully saturated rings. The highest BCUT2D eigenvalue weighted by molar-refractivity contribution is 9.10.